The number of fused-ring (bicyclic) bond motifs is 3. The molecule has 0 bridgehead atoms. The Bertz CT molecular complexity index is 571. The van der Waals surface area contributed by atoms with Crippen molar-refractivity contribution in [2.24, 2.45) is 0 Å². The number of hydrogen-bond donors (Lipinski definition) is 1. The fourth-order valence-electron chi connectivity index (χ4n) is 3.67. The Morgan fingerprint density at radius 3 is 2.76 bits per heavy atom. The smallest absolute Gasteiger partial charge is 0.471 e. The monoisotopic (exact) mass is 299 g/mol. The lowest BCUT2D eigenvalue weighted by atomic mass is 9.74. The number of rotatable bonds is 0. The molecule has 6 heteroatoms. The molecule has 3 rings (SSSR count). The molecular weight excluding hydrogens is 283 g/mol. The normalized spacial score (nSPS) is 25.2. The van der Waals surface area contributed by atoms with Gasteiger partial charge in [-0.1, -0.05) is 6.07 Å². The van der Waals surface area contributed by atoms with E-state index in [2.05, 4.69) is 0 Å². The number of aromatic hydroxyl groups is 1. The summed E-state index contributed by atoms with van der Waals surface area (Å²) in [6, 6.07) is 4.63. The van der Waals surface area contributed by atoms with Crippen LogP contribution in [0.1, 0.15) is 36.3 Å². The lowest BCUT2D eigenvalue weighted by molar-refractivity contribution is -0.189. The van der Waals surface area contributed by atoms with Crippen molar-refractivity contribution in [1.29, 1.82) is 0 Å². The molecule has 21 heavy (non-hydrogen) atoms. The summed E-state index contributed by atoms with van der Waals surface area (Å²) in [5.74, 6) is -1.61. The first kappa shape index (κ1) is 14.2. The van der Waals surface area contributed by atoms with Gasteiger partial charge in [-0.2, -0.15) is 13.2 Å². The number of likely N-dealkylation sites (tertiary alicyclic amines) is 1. The Hall–Kier alpha value is -1.72. The molecule has 0 radical (unpaired) electrons. The third-order valence-corrected chi connectivity index (χ3v) is 4.52. The van der Waals surface area contributed by atoms with Gasteiger partial charge >= 0.3 is 12.1 Å². The number of aryl methyl sites for hydroxylation is 1. The van der Waals surface area contributed by atoms with Gasteiger partial charge in [-0.05, 0) is 48.9 Å². The second-order valence-electron chi connectivity index (χ2n) is 5.73. The molecule has 1 N–H and O–H groups in total. The van der Waals surface area contributed by atoms with Crippen molar-refractivity contribution in [3.63, 3.8) is 0 Å². The van der Waals surface area contributed by atoms with Crippen LogP contribution in [0.5, 0.6) is 5.75 Å². The summed E-state index contributed by atoms with van der Waals surface area (Å²) in [6.07, 6.45) is -2.35. The molecule has 2 atom stereocenters. The molecule has 3 nitrogen and oxygen atoms in total. The zero-order valence-electron chi connectivity index (χ0n) is 11.4. The second-order valence-corrected chi connectivity index (χ2v) is 5.73. The summed E-state index contributed by atoms with van der Waals surface area (Å²) in [6.45, 7) is 0.174. The third kappa shape index (κ3) is 2.47. The highest BCUT2D eigenvalue weighted by Crippen LogP contribution is 2.42. The van der Waals surface area contributed by atoms with Gasteiger partial charge in [-0.3, -0.25) is 4.79 Å². The number of nitrogens with zero attached hydrogens (tertiary/aromatic N) is 1. The van der Waals surface area contributed by atoms with Crippen molar-refractivity contribution in [3.8, 4) is 5.75 Å². The zero-order chi connectivity index (χ0) is 15.2. The van der Waals surface area contributed by atoms with E-state index in [1.165, 1.54) is 0 Å². The topological polar surface area (TPSA) is 40.5 Å². The minimum atomic E-state index is -4.81. The molecule has 1 aliphatic carbocycles. The molecule has 0 aromatic heterocycles. The minimum absolute atomic E-state index is 0.0607. The Balaban J connectivity index is 1.92. The largest absolute Gasteiger partial charge is 0.508 e. The summed E-state index contributed by atoms with van der Waals surface area (Å²) in [5.41, 5.74) is 1.96. The first-order valence-electron chi connectivity index (χ1n) is 7.07. The summed E-state index contributed by atoms with van der Waals surface area (Å²) in [7, 11) is 0. The zero-order valence-corrected chi connectivity index (χ0v) is 11.4. The van der Waals surface area contributed by atoms with Crippen molar-refractivity contribution in [1.82, 2.24) is 4.90 Å². The molecule has 1 aromatic rings. The van der Waals surface area contributed by atoms with Gasteiger partial charge in [-0.15, -0.1) is 0 Å². The maximum atomic E-state index is 12.7. The predicted molar refractivity (Wildman–Crippen MR) is 70.0 cm³/mol. The van der Waals surface area contributed by atoms with Crippen LogP contribution in [0.15, 0.2) is 18.2 Å². The second kappa shape index (κ2) is 4.93. The standard InChI is InChI=1S/C15H16F3NO2/c16-15(17,18)14(21)19-7-1-2-12-11-5-4-10(20)8-9(11)3-6-13(12)19/h4-5,8,12-13,20H,1-3,6-7H2/t12-,13+/m0/s1. The van der Waals surface area contributed by atoms with Crippen LogP contribution in [0, 0.1) is 0 Å². The molecule has 2 aliphatic rings. The lowest BCUT2D eigenvalue weighted by Crippen LogP contribution is -2.53. The predicted octanol–water partition coefficient (Wildman–Crippen LogP) is 2.98. The van der Waals surface area contributed by atoms with Gasteiger partial charge in [0.15, 0.2) is 0 Å². The first-order valence-corrected chi connectivity index (χ1v) is 7.07. The SMILES string of the molecule is O=C(N1CCC[C@H]2c3ccc(O)cc3CC[C@H]21)C(F)(F)F. The Morgan fingerprint density at radius 2 is 2.05 bits per heavy atom. The van der Waals surface area contributed by atoms with Gasteiger partial charge in [0, 0.05) is 18.5 Å². The van der Waals surface area contributed by atoms with E-state index < -0.39 is 12.1 Å². The molecule has 0 unspecified atom stereocenters. The van der Waals surface area contributed by atoms with E-state index in [-0.39, 0.29) is 24.3 Å². The number of amides is 1. The number of phenols is 1. The van der Waals surface area contributed by atoms with Gasteiger partial charge in [0.2, 0.25) is 0 Å². The van der Waals surface area contributed by atoms with Gasteiger partial charge in [0.1, 0.15) is 5.75 Å². The quantitative estimate of drug-likeness (QED) is 0.800. The van der Waals surface area contributed by atoms with Crippen LogP contribution in [0.2, 0.25) is 0 Å². The summed E-state index contributed by atoms with van der Waals surface area (Å²) < 4.78 is 38.2. The number of piperidine rings is 1. The van der Waals surface area contributed by atoms with Crippen LogP contribution >= 0.6 is 0 Å². The fourth-order valence-corrected chi connectivity index (χ4v) is 3.67. The molecule has 1 heterocycles. The van der Waals surface area contributed by atoms with Gasteiger partial charge in [0.05, 0.1) is 0 Å². The fraction of sp³-hybridized carbons (Fsp3) is 0.533. The van der Waals surface area contributed by atoms with Crippen LogP contribution in [0.3, 0.4) is 0 Å². The Morgan fingerprint density at radius 1 is 1.29 bits per heavy atom. The van der Waals surface area contributed by atoms with E-state index in [9.17, 15) is 23.1 Å². The van der Waals surface area contributed by atoms with E-state index in [1.807, 2.05) is 0 Å². The van der Waals surface area contributed by atoms with Gasteiger partial charge < -0.3 is 10.0 Å². The maximum Gasteiger partial charge on any atom is 0.471 e. The van der Waals surface area contributed by atoms with Crippen LogP contribution < -0.4 is 0 Å². The molecule has 114 valence electrons. The summed E-state index contributed by atoms with van der Waals surface area (Å²) in [4.78, 5) is 12.6. The van der Waals surface area contributed by atoms with Crippen molar-refractivity contribution < 1.29 is 23.1 Å². The average molecular weight is 299 g/mol. The van der Waals surface area contributed by atoms with Crippen molar-refractivity contribution >= 4 is 5.91 Å². The Labute approximate surface area is 120 Å². The van der Waals surface area contributed by atoms with Crippen molar-refractivity contribution in [2.45, 2.75) is 43.8 Å². The van der Waals surface area contributed by atoms with E-state index in [0.29, 0.717) is 19.3 Å². The highest BCUT2D eigenvalue weighted by molar-refractivity contribution is 5.82. The van der Waals surface area contributed by atoms with E-state index in [0.717, 1.165) is 22.4 Å². The molecule has 0 saturated carbocycles. The molecule has 1 saturated heterocycles. The number of benzene rings is 1. The number of halogens is 3. The van der Waals surface area contributed by atoms with Crippen LogP contribution in [-0.4, -0.2) is 34.7 Å². The lowest BCUT2D eigenvalue weighted by Gasteiger charge is -2.45. The first-order chi connectivity index (χ1) is 9.88. The number of hydrogen-bond acceptors (Lipinski definition) is 2. The molecule has 1 amide bonds. The van der Waals surface area contributed by atoms with Gasteiger partial charge in [-0.25, -0.2) is 0 Å². The summed E-state index contributed by atoms with van der Waals surface area (Å²) in [5, 5.41) is 9.52. The highest BCUT2D eigenvalue weighted by Gasteiger charge is 2.48. The number of phenolic OH excluding ortho intramolecular Hbond substituents is 1. The molecule has 1 fully saturated rings. The van der Waals surface area contributed by atoms with E-state index in [4.69, 9.17) is 0 Å². The van der Waals surface area contributed by atoms with Crippen LogP contribution in [0.4, 0.5) is 13.2 Å². The van der Waals surface area contributed by atoms with E-state index in [1.54, 1.807) is 18.2 Å². The van der Waals surface area contributed by atoms with Crippen LogP contribution in [0.25, 0.3) is 0 Å². The number of carbonyl (C=O) groups is 1. The third-order valence-electron chi connectivity index (χ3n) is 4.52. The number of carbonyl (C=O) groups excluding carboxylic acids is 1. The average Bonchev–Trinajstić information content (AvgIpc) is 2.44. The highest BCUT2D eigenvalue weighted by atomic mass is 19.4. The molecular formula is C15H16F3NO2. The van der Waals surface area contributed by atoms with Crippen LogP contribution in [-0.2, 0) is 11.2 Å². The maximum absolute atomic E-state index is 12.7. The van der Waals surface area contributed by atoms with Crippen molar-refractivity contribution in [2.75, 3.05) is 6.54 Å². The molecule has 0 spiro atoms. The molecule has 1 aliphatic heterocycles. The van der Waals surface area contributed by atoms with Gasteiger partial charge in [0.25, 0.3) is 0 Å². The number of alkyl halides is 3. The summed E-state index contributed by atoms with van der Waals surface area (Å²) >= 11 is 0. The van der Waals surface area contributed by atoms with E-state index >= 15 is 0 Å². The minimum Gasteiger partial charge on any atom is -0.508 e. The Kier molecular flexibility index (Phi) is 3.34. The molecule has 1 aromatic carbocycles. The van der Waals surface area contributed by atoms with Crippen molar-refractivity contribution in [3.05, 3.63) is 29.3 Å².